The van der Waals surface area contributed by atoms with Gasteiger partial charge in [0, 0.05) is 31.1 Å². The summed E-state index contributed by atoms with van der Waals surface area (Å²) < 4.78 is 19.1. The summed E-state index contributed by atoms with van der Waals surface area (Å²) in [4.78, 5) is 2.45. The molecule has 0 spiro atoms. The van der Waals surface area contributed by atoms with E-state index in [-0.39, 0.29) is 11.9 Å². The van der Waals surface area contributed by atoms with Crippen molar-refractivity contribution >= 4 is 0 Å². The van der Waals surface area contributed by atoms with Crippen LogP contribution in [0.3, 0.4) is 0 Å². The molecule has 3 unspecified atom stereocenters. The Labute approximate surface area is 113 Å². The van der Waals surface area contributed by atoms with Crippen LogP contribution in [0.15, 0.2) is 18.2 Å². The monoisotopic (exact) mass is 264 g/mol. The molecule has 0 radical (unpaired) electrons. The van der Waals surface area contributed by atoms with Crippen molar-refractivity contribution in [2.24, 2.45) is 11.7 Å². The zero-order chi connectivity index (χ0) is 13.4. The van der Waals surface area contributed by atoms with Gasteiger partial charge >= 0.3 is 0 Å². The van der Waals surface area contributed by atoms with Crippen LogP contribution in [0.4, 0.5) is 4.39 Å². The number of nitrogens with zero attached hydrogens (tertiary/aromatic N) is 1. The van der Waals surface area contributed by atoms with Crippen LogP contribution in [0.2, 0.25) is 0 Å². The molecule has 0 saturated carbocycles. The van der Waals surface area contributed by atoms with E-state index in [1.54, 1.807) is 12.1 Å². The molecular weight excluding hydrogens is 243 g/mol. The van der Waals surface area contributed by atoms with Gasteiger partial charge in [-0.1, -0.05) is 0 Å². The van der Waals surface area contributed by atoms with Crippen molar-refractivity contribution < 1.29 is 9.13 Å². The molecule has 1 saturated heterocycles. The van der Waals surface area contributed by atoms with Gasteiger partial charge in [0.1, 0.15) is 17.7 Å². The third-order valence-corrected chi connectivity index (χ3v) is 4.33. The Morgan fingerprint density at radius 2 is 2.32 bits per heavy atom. The van der Waals surface area contributed by atoms with Gasteiger partial charge < -0.3 is 10.5 Å². The summed E-state index contributed by atoms with van der Waals surface area (Å²) in [5.41, 5.74) is 6.75. The van der Waals surface area contributed by atoms with Crippen molar-refractivity contribution in [3.05, 3.63) is 29.6 Å². The second-order valence-electron chi connectivity index (χ2n) is 5.84. The van der Waals surface area contributed by atoms with Gasteiger partial charge in [-0.15, -0.1) is 0 Å². The van der Waals surface area contributed by atoms with Crippen molar-refractivity contribution in [2.75, 3.05) is 19.6 Å². The Bertz CT molecular complexity index is 465. The van der Waals surface area contributed by atoms with E-state index in [2.05, 4.69) is 11.8 Å². The minimum atomic E-state index is -0.180. The molecule has 1 aromatic carbocycles. The predicted molar refractivity (Wildman–Crippen MR) is 72.7 cm³/mol. The standard InChI is InChI=1S/C15H21FN2O/c1-10-4-11(7-17)8-18(10)9-14-6-12-5-13(16)2-3-15(12)19-14/h2-3,5,10-11,14H,4,6-9,17H2,1H3. The minimum Gasteiger partial charge on any atom is -0.488 e. The molecule has 2 aliphatic heterocycles. The average molecular weight is 264 g/mol. The molecule has 0 aromatic heterocycles. The lowest BCUT2D eigenvalue weighted by molar-refractivity contribution is 0.145. The normalized spacial score (nSPS) is 30.4. The number of hydrogen-bond acceptors (Lipinski definition) is 3. The van der Waals surface area contributed by atoms with Gasteiger partial charge in [-0.2, -0.15) is 0 Å². The third kappa shape index (κ3) is 2.60. The first-order valence-electron chi connectivity index (χ1n) is 7.05. The molecule has 3 rings (SSSR count). The first kappa shape index (κ1) is 12.9. The summed E-state index contributed by atoms with van der Waals surface area (Å²) in [6.07, 6.45) is 2.13. The zero-order valence-electron chi connectivity index (χ0n) is 11.3. The molecular formula is C15H21FN2O. The van der Waals surface area contributed by atoms with E-state index in [9.17, 15) is 4.39 Å². The molecule has 2 N–H and O–H groups in total. The van der Waals surface area contributed by atoms with Gasteiger partial charge in [-0.05, 0) is 44.0 Å². The molecule has 0 bridgehead atoms. The zero-order valence-corrected chi connectivity index (χ0v) is 11.3. The summed E-state index contributed by atoms with van der Waals surface area (Å²) in [6, 6.07) is 5.36. The van der Waals surface area contributed by atoms with Crippen LogP contribution in [-0.4, -0.2) is 36.7 Å². The molecule has 0 amide bonds. The van der Waals surface area contributed by atoms with E-state index in [1.807, 2.05) is 0 Å². The molecule has 4 heteroatoms. The highest BCUT2D eigenvalue weighted by atomic mass is 19.1. The van der Waals surface area contributed by atoms with Crippen LogP contribution >= 0.6 is 0 Å². The highest BCUT2D eigenvalue weighted by molar-refractivity contribution is 5.37. The Morgan fingerprint density at radius 1 is 1.47 bits per heavy atom. The van der Waals surface area contributed by atoms with Gasteiger partial charge in [0.05, 0.1) is 0 Å². The Balaban J connectivity index is 1.61. The molecule has 19 heavy (non-hydrogen) atoms. The van der Waals surface area contributed by atoms with Gasteiger partial charge in [-0.3, -0.25) is 4.90 Å². The lowest BCUT2D eigenvalue weighted by Crippen LogP contribution is -2.37. The smallest absolute Gasteiger partial charge is 0.123 e. The number of halogens is 1. The van der Waals surface area contributed by atoms with Gasteiger partial charge in [0.15, 0.2) is 0 Å². The molecule has 3 atom stereocenters. The highest BCUT2D eigenvalue weighted by Crippen LogP contribution is 2.31. The highest BCUT2D eigenvalue weighted by Gasteiger charge is 2.32. The van der Waals surface area contributed by atoms with Crippen LogP contribution in [0.25, 0.3) is 0 Å². The van der Waals surface area contributed by atoms with Crippen molar-refractivity contribution in [3.8, 4) is 5.75 Å². The summed E-state index contributed by atoms with van der Waals surface area (Å²) in [5.74, 6) is 1.27. The molecule has 1 fully saturated rings. The fraction of sp³-hybridized carbons (Fsp3) is 0.600. The molecule has 104 valence electrons. The summed E-state index contributed by atoms with van der Waals surface area (Å²) in [6.45, 7) is 4.98. The van der Waals surface area contributed by atoms with E-state index < -0.39 is 0 Å². The lowest BCUT2D eigenvalue weighted by Gasteiger charge is -2.24. The topological polar surface area (TPSA) is 38.5 Å². The maximum absolute atomic E-state index is 13.2. The van der Waals surface area contributed by atoms with Gasteiger partial charge in [0.2, 0.25) is 0 Å². The summed E-state index contributed by atoms with van der Waals surface area (Å²) in [5, 5.41) is 0. The van der Waals surface area contributed by atoms with E-state index in [0.717, 1.165) is 37.4 Å². The van der Waals surface area contributed by atoms with Crippen LogP contribution in [-0.2, 0) is 6.42 Å². The van der Waals surface area contributed by atoms with Crippen molar-refractivity contribution in [1.82, 2.24) is 4.90 Å². The van der Waals surface area contributed by atoms with Crippen LogP contribution in [0.1, 0.15) is 18.9 Å². The Morgan fingerprint density at radius 3 is 3.05 bits per heavy atom. The maximum atomic E-state index is 13.2. The van der Waals surface area contributed by atoms with E-state index in [4.69, 9.17) is 10.5 Å². The van der Waals surface area contributed by atoms with Crippen molar-refractivity contribution in [2.45, 2.75) is 31.9 Å². The van der Waals surface area contributed by atoms with Gasteiger partial charge in [-0.25, -0.2) is 4.39 Å². The van der Waals surface area contributed by atoms with E-state index in [1.165, 1.54) is 12.5 Å². The number of rotatable bonds is 3. The Kier molecular flexibility index (Phi) is 3.46. The number of benzene rings is 1. The quantitative estimate of drug-likeness (QED) is 0.904. The second-order valence-corrected chi connectivity index (χ2v) is 5.84. The second kappa shape index (κ2) is 5.10. The third-order valence-electron chi connectivity index (χ3n) is 4.33. The van der Waals surface area contributed by atoms with Crippen LogP contribution in [0, 0.1) is 11.7 Å². The first-order chi connectivity index (χ1) is 9.15. The SMILES string of the molecule is CC1CC(CN)CN1CC1Cc2cc(F)ccc2O1. The van der Waals surface area contributed by atoms with Crippen LogP contribution < -0.4 is 10.5 Å². The van der Waals surface area contributed by atoms with E-state index in [0.29, 0.717) is 12.0 Å². The average Bonchev–Trinajstić information content (AvgIpc) is 2.93. The number of fused-ring (bicyclic) bond motifs is 1. The van der Waals surface area contributed by atoms with Crippen molar-refractivity contribution in [1.29, 1.82) is 0 Å². The van der Waals surface area contributed by atoms with Gasteiger partial charge in [0.25, 0.3) is 0 Å². The number of hydrogen-bond donors (Lipinski definition) is 1. The summed E-state index contributed by atoms with van der Waals surface area (Å²) in [7, 11) is 0. The molecule has 3 nitrogen and oxygen atoms in total. The molecule has 0 aliphatic carbocycles. The number of ether oxygens (including phenoxy) is 1. The minimum absolute atomic E-state index is 0.149. The number of likely N-dealkylation sites (tertiary alicyclic amines) is 1. The fourth-order valence-corrected chi connectivity index (χ4v) is 3.30. The Hall–Kier alpha value is -1.13. The fourth-order valence-electron chi connectivity index (χ4n) is 3.30. The molecule has 2 aliphatic rings. The summed E-state index contributed by atoms with van der Waals surface area (Å²) >= 11 is 0. The predicted octanol–water partition coefficient (Wildman–Crippen LogP) is 1.80. The van der Waals surface area contributed by atoms with Crippen LogP contribution in [0.5, 0.6) is 5.75 Å². The molecule has 2 heterocycles. The van der Waals surface area contributed by atoms with E-state index >= 15 is 0 Å². The maximum Gasteiger partial charge on any atom is 0.123 e. The lowest BCUT2D eigenvalue weighted by atomic mass is 10.1. The number of nitrogens with two attached hydrogens (primary N) is 1. The molecule has 1 aromatic rings. The van der Waals surface area contributed by atoms with Crippen molar-refractivity contribution in [3.63, 3.8) is 0 Å². The largest absolute Gasteiger partial charge is 0.488 e. The first-order valence-corrected chi connectivity index (χ1v) is 7.05.